The summed E-state index contributed by atoms with van der Waals surface area (Å²) in [5.41, 5.74) is 2.78. The van der Waals surface area contributed by atoms with Gasteiger partial charge < -0.3 is 15.0 Å². The van der Waals surface area contributed by atoms with Crippen molar-refractivity contribution < 1.29 is 4.74 Å². The molecule has 3 atom stereocenters. The molecule has 1 saturated heterocycles. The molecule has 0 bridgehead atoms. The number of hydrogen-bond acceptors (Lipinski definition) is 3. The van der Waals surface area contributed by atoms with E-state index in [4.69, 9.17) is 4.74 Å². The number of para-hydroxylation sites is 1. The minimum absolute atomic E-state index is 0.375. The largest absolute Gasteiger partial charge is 0.384 e. The lowest BCUT2D eigenvalue weighted by atomic mass is 9.99. The number of nitrogens with zero attached hydrogens (tertiary/aromatic N) is 1. The molecule has 98 valence electrons. The lowest BCUT2D eigenvalue weighted by Crippen LogP contribution is -2.39. The maximum atomic E-state index is 5.66. The Morgan fingerprint density at radius 1 is 1.39 bits per heavy atom. The van der Waals surface area contributed by atoms with Crippen LogP contribution in [0.15, 0.2) is 24.3 Å². The predicted molar refractivity (Wildman–Crippen MR) is 74.1 cm³/mol. The van der Waals surface area contributed by atoms with Gasteiger partial charge in [-0.1, -0.05) is 18.2 Å². The molecule has 0 saturated carbocycles. The summed E-state index contributed by atoms with van der Waals surface area (Å²) in [5, 5.41) is 3.50. The van der Waals surface area contributed by atoms with Crippen LogP contribution in [0.4, 0.5) is 5.69 Å². The van der Waals surface area contributed by atoms with E-state index in [0.717, 1.165) is 19.7 Å². The molecule has 0 aliphatic carbocycles. The van der Waals surface area contributed by atoms with Gasteiger partial charge in [-0.2, -0.15) is 0 Å². The molecule has 18 heavy (non-hydrogen) atoms. The van der Waals surface area contributed by atoms with Crippen LogP contribution in [0.3, 0.4) is 0 Å². The second-order valence-electron chi connectivity index (χ2n) is 5.54. The first-order chi connectivity index (χ1) is 8.75. The summed E-state index contributed by atoms with van der Waals surface area (Å²) in [6, 6.07) is 9.25. The predicted octanol–water partition coefficient (Wildman–Crippen LogP) is 2.30. The highest BCUT2D eigenvalue weighted by Crippen LogP contribution is 2.32. The highest BCUT2D eigenvalue weighted by molar-refractivity contribution is 5.57. The average Bonchev–Trinajstić information content (AvgIpc) is 2.97. The number of likely N-dealkylation sites (N-methyl/N-ethyl adjacent to an activating group) is 1. The van der Waals surface area contributed by atoms with Crippen LogP contribution in [0.1, 0.15) is 24.8 Å². The van der Waals surface area contributed by atoms with Crippen molar-refractivity contribution in [2.75, 3.05) is 32.1 Å². The summed E-state index contributed by atoms with van der Waals surface area (Å²) in [6.07, 6.45) is 1.54. The Hall–Kier alpha value is -1.06. The highest BCUT2D eigenvalue weighted by atomic mass is 16.5. The zero-order valence-corrected chi connectivity index (χ0v) is 11.2. The van der Waals surface area contributed by atoms with Gasteiger partial charge in [-0.05, 0) is 32.0 Å². The van der Waals surface area contributed by atoms with Gasteiger partial charge in [0.05, 0.1) is 6.10 Å². The maximum absolute atomic E-state index is 5.66. The lowest BCUT2D eigenvalue weighted by molar-refractivity contribution is 0.0822. The van der Waals surface area contributed by atoms with Crippen molar-refractivity contribution in [3.63, 3.8) is 0 Å². The fourth-order valence-electron chi connectivity index (χ4n) is 3.30. The highest BCUT2D eigenvalue weighted by Gasteiger charge is 2.31. The van der Waals surface area contributed by atoms with Gasteiger partial charge in [0.25, 0.3) is 0 Å². The van der Waals surface area contributed by atoms with E-state index in [9.17, 15) is 0 Å². The van der Waals surface area contributed by atoms with Crippen LogP contribution in [0, 0.1) is 0 Å². The van der Waals surface area contributed by atoms with Crippen LogP contribution >= 0.6 is 0 Å². The number of ether oxygens (including phenoxy) is 1. The Balaban J connectivity index is 1.67. The smallest absolute Gasteiger partial charge is 0.0702 e. The van der Waals surface area contributed by atoms with Crippen LogP contribution in [-0.2, 0) is 4.74 Å². The summed E-state index contributed by atoms with van der Waals surface area (Å²) >= 11 is 0. The second-order valence-corrected chi connectivity index (χ2v) is 5.54. The average molecular weight is 246 g/mol. The van der Waals surface area contributed by atoms with Gasteiger partial charge in [0, 0.05) is 37.3 Å². The number of hydrogen-bond donors (Lipinski definition) is 1. The van der Waals surface area contributed by atoms with Crippen molar-refractivity contribution in [3.8, 4) is 0 Å². The molecule has 2 aliphatic heterocycles. The number of rotatable bonds is 3. The molecule has 0 amide bonds. The molecule has 3 rings (SSSR count). The molecule has 3 heteroatoms. The first-order valence-electron chi connectivity index (χ1n) is 6.90. The Labute approximate surface area is 109 Å². The molecule has 1 aromatic rings. The van der Waals surface area contributed by atoms with E-state index in [1.54, 1.807) is 0 Å². The Morgan fingerprint density at radius 2 is 2.22 bits per heavy atom. The molecule has 1 aromatic carbocycles. The Bertz CT molecular complexity index is 421. The summed E-state index contributed by atoms with van der Waals surface area (Å²) in [4.78, 5) is 2.48. The SMILES string of the molecule is CC1OCCC1N(C)CC1CNc2ccccc21. The van der Waals surface area contributed by atoms with Gasteiger partial charge in [0.15, 0.2) is 0 Å². The van der Waals surface area contributed by atoms with Crippen LogP contribution in [0.2, 0.25) is 0 Å². The number of benzene rings is 1. The van der Waals surface area contributed by atoms with Gasteiger partial charge in [0.1, 0.15) is 0 Å². The third kappa shape index (κ3) is 2.13. The molecular weight excluding hydrogens is 224 g/mol. The molecule has 0 spiro atoms. The monoisotopic (exact) mass is 246 g/mol. The van der Waals surface area contributed by atoms with Crippen molar-refractivity contribution in [2.24, 2.45) is 0 Å². The lowest BCUT2D eigenvalue weighted by Gasteiger charge is -2.29. The summed E-state index contributed by atoms with van der Waals surface area (Å²) in [5.74, 6) is 0.610. The van der Waals surface area contributed by atoms with Gasteiger partial charge in [0.2, 0.25) is 0 Å². The van der Waals surface area contributed by atoms with E-state index in [2.05, 4.69) is 48.5 Å². The van der Waals surface area contributed by atoms with E-state index < -0.39 is 0 Å². The van der Waals surface area contributed by atoms with Gasteiger partial charge in [-0.3, -0.25) is 0 Å². The Kier molecular flexibility index (Phi) is 3.27. The molecule has 3 nitrogen and oxygen atoms in total. The summed E-state index contributed by atoms with van der Waals surface area (Å²) < 4.78 is 5.66. The van der Waals surface area contributed by atoms with Crippen LogP contribution in [0.25, 0.3) is 0 Å². The zero-order valence-electron chi connectivity index (χ0n) is 11.2. The van der Waals surface area contributed by atoms with Crippen molar-refractivity contribution in [1.29, 1.82) is 0 Å². The fourth-order valence-corrected chi connectivity index (χ4v) is 3.30. The normalized spacial score (nSPS) is 30.5. The van der Waals surface area contributed by atoms with Crippen LogP contribution in [-0.4, -0.2) is 43.8 Å². The Morgan fingerprint density at radius 3 is 3.00 bits per heavy atom. The third-order valence-electron chi connectivity index (χ3n) is 4.35. The summed E-state index contributed by atoms with van der Waals surface area (Å²) in [6.45, 7) is 5.28. The van der Waals surface area contributed by atoms with E-state index in [1.165, 1.54) is 17.7 Å². The standard InChI is InChI=1S/C15H22N2O/c1-11-15(7-8-18-11)17(2)10-12-9-16-14-6-4-3-5-13(12)14/h3-6,11-12,15-16H,7-10H2,1-2H3. The van der Waals surface area contributed by atoms with Crippen molar-refractivity contribution >= 4 is 5.69 Å². The van der Waals surface area contributed by atoms with E-state index >= 15 is 0 Å². The third-order valence-corrected chi connectivity index (χ3v) is 4.35. The topological polar surface area (TPSA) is 24.5 Å². The van der Waals surface area contributed by atoms with Gasteiger partial charge in [-0.15, -0.1) is 0 Å². The first-order valence-corrected chi connectivity index (χ1v) is 6.90. The first kappa shape index (κ1) is 12.0. The van der Waals surface area contributed by atoms with E-state index in [-0.39, 0.29) is 0 Å². The second kappa shape index (κ2) is 4.90. The van der Waals surface area contributed by atoms with Crippen molar-refractivity contribution in [3.05, 3.63) is 29.8 Å². The van der Waals surface area contributed by atoms with Crippen LogP contribution in [0.5, 0.6) is 0 Å². The zero-order chi connectivity index (χ0) is 12.5. The molecule has 1 N–H and O–H groups in total. The van der Waals surface area contributed by atoms with Crippen LogP contribution < -0.4 is 5.32 Å². The molecule has 0 aromatic heterocycles. The van der Waals surface area contributed by atoms with Gasteiger partial charge in [-0.25, -0.2) is 0 Å². The van der Waals surface area contributed by atoms with Crippen molar-refractivity contribution in [1.82, 2.24) is 4.90 Å². The molecule has 3 unspecified atom stereocenters. The quantitative estimate of drug-likeness (QED) is 0.885. The molecule has 2 heterocycles. The molecular formula is C15H22N2O. The number of fused-ring (bicyclic) bond motifs is 1. The number of anilines is 1. The van der Waals surface area contributed by atoms with Gasteiger partial charge >= 0.3 is 0 Å². The minimum atomic E-state index is 0.375. The fraction of sp³-hybridized carbons (Fsp3) is 0.600. The minimum Gasteiger partial charge on any atom is -0.384 e. The van der Waals surface area contributed by atoms with Crippen molar-refractivity contribution in [2.45, 2.75) is 31.4 Å². The molecule has 1 fully saturated rings. The molecule has 0 radical (unpaired) electrons. The molecule has 2 aliphatic rings. The van der Waals surface area contributed by atoms with E-state index in [1.807, 2.05) is 0 Å². The van der Waals surface area contributed by atoms with E-state index in [0.29, 0.717) is 18.1 Å². The maximum Gasteiger partial charge on any atom is 0.0702 e. The number of nitrogens with one attached hydrogen (secondary N) is 1. The summed E-state index contributed by atoms with van der Waals surface area (Å²) in [7, 11) is 2.23.